The fraction of sp³-hybridized carbons (Fsp3) is 0.615. The SMILES string of the molecule is Cc1nc(CNC(=O)C2CCCC2C(=O)O)oc1C. The van der Waals surface area contributed by atoms with Crippen LogP contribution in [0.15, 0.2) is 4.42 Å². The number of carbonyl (C=O) groups is 2. The zero-order chi connectivity index (χ0) is 14.0. The monoisotopic (exact) mass is 266 g/mol. The molecule has 1 aliphatic rings. The fourth-order valence-electron chi connectivity index (χ4n) is 2.48. The van der Waals surface area contributed by atoms with Gasteiger partial charge in [0.25, 0.3) is 0 Å². The lowest BCUT2D eigenvalue weighted by atomic mass is 9.95. The molecular weight excluding hydrogens is 248 g/mol. The summed E-state index contributed by atoms with van der Waals surface area (Å²) < 4.78 is 5.36. The highest BCUT2D eigenvalue weighted by molar-refractivity contribution is 5.85. The minimum atomic E-state index is -0.888. The first-order valence-electron chi connectivity index (χ1n) is 6.42. The summed E-state index contributed by atoms with van der Waals surface area (Å²) in [4.78, 5) is 27.2. The molecule has 1 fully saturated rings. The van der Waals surface area contributed by atoms with E-state index >= 15 is 0 Å². The van der Waals surface area contributed by atoms with Gasteiger partial charge in [0.2, 0.25) is 11.8 Å². The van der Waals surface area contributed by atoms with Gasteiger partial charge in [-0.2, -0.15) is 0 Å². The number of nitrogens with zero attached hydrogens (tertiary/aromatic N) is 1. The van der Waals surface area contributed by atoms with Gasteiger partial charge in [-0.15, -0.1) is 0 Å². The van der Waals surface area contributed by atoms with E-state index in [4.69, 9.17) is 9.52 Å². The number of nitrogens with one attached hydrogen (secondary N) is 1. The Bertz CT molecular complexity index is 475. The molecule has 1 aromatic heterocycles. The van der Waals surface area contributed by atoms with Crippen molar-refractivity contribution in [1.82, 2.24) is 10.3 Å². The maximum absolute atomic E-state index is 12.0. The highest BCUT2D eigenvalue weighted by atomic mass is 16.4. The van der Waals surface area contributed by atoms with Crippen LogP contribution < -0.4 is 5.32 Å². The largest absolute Gasteiger partial charge is 0.481 e. The average Bonchev–Trinajstić information content (AvgIpc) is 2.94. The van der Waals surface area contributed by atoms with Crippen molar-refractivity contribution in [2.75, 3.05) is 0 Å². The number of rotatable bonds is 4. The van der Waals surface area contributed by atoms with Crippen LogP contribution in [0.4, 0.5) is 0 Å². The molecule has 0 saturated heterocycles. The maximum atomic E-state index is 12.0. The number of hydrogen-bond donors (Lipinski definition) is 2. The number of carbonyl (C=O) groups excluding carboxylic acids is 1. The number of carboxylic acid groups (broad SMARTS) is 1. The van der Waals surface area contributed by atoms with Gasteiger partial charge in [-0.1, -0.05) is 6.42 Å². The van der Waals surface area contributed by atoms with Crippen LogP contribution in [0.1, 0.15) is 36.6 Å². The predicted molar refractivity (Wildman–Crippen MR) is 66.3 cm³/mol. The molecule has 19 heavy (non-hydrogen) atoms. The van der Waals surface area contributed by atoms with Gasteiger partial charge in [0.1, 0.15) is 5.76 Å². The summed E-state index contributed by atoms with van der Waals surface area (Å²) in [6.07, 6.45) is 1.99. The quantitative estimate of drug-likeness (QED) is 0.859. The smallest absolute Gasteiger partial charge is 0.307 e. The number of amides is 1. The molecule has 2 unspecified atom stereocenters. The molecule has 1 aliphatic carbocycles. The van der Waals surface area contributed by atoms with Crippen molar-refractivity contribution in [3.05, 3.63) is 17.3 Å². The summed E-state index contributed by atoms with van der Waals surface area (Å²) in [6.45, 7) is 3.85. The minimum absolute atomic E-state index is 0.205. The van der Waals surface area contributed by atoms with Crippen LogP contribution in [0.2, 0.25) is 0 Å². The number of aromatic nitrogens is 1. The van der Waals surface area contributed by atoms with Crippen LogP contribution in [0.5, 0.6) is 0 Å². The molecule has 1 heterocycles. The lowest BCUT2D eigenvalue weighted by molar-refractivity contribution is -0.146. The Kier molecular flexibility index (Phi) is 3.87. The van der Waals surface area contributed by atoms with Crippen molar-refractivity contribution in [1.29, 1.82) is 0 Å². The second-order valence-corrected chi connectivity index (χ2v) is 4.95. The highest BCUT2D eigenvalue weighted by Gasteiger charge is 2.37. The van der Waals surface area contributed by atoms with Gasteiger partial charge in [0.05, 0.1) is 24.1 Å². The molecule has 0 aliphatic heterocycles. The standard InChI is InChI=1S/C13H18N2O4/c1-7-8(2)19-11(15-7)6-14-12(16)9-4-3-5-10(9)13(17)18/h9-10H,3-6H2,1-2H3,(H,14,16)(H,17,18). The summed E-state index contributed by atoms with van der Waals surface area (Å²) in [5.41, 5.74) is 0.800. The van der Waals surface area contributed by atoms with Gasteiger partial charge in [-0.3, -0.25) is 9.59 Å². The van der Waals surface area contributed by atoms with Gasteiger partial charge < -0.3 is 14.8 Å². The minimum Gasteiger partial charge on any atom is -0.481 e. The number of hydrogen-bond acceptors (Lipinski definition) is 4. The third-order valence-corrected chi connectivity index (χ3v) is 3.66. The molecule has 1 amide bonds. The first-order valence-corrected chi connectivity index (χ1v) is 6.42. The molecule has 104 valence electrons. The van der Waals surface area contributed by atoms with E-state index in [0.717, 1.165) is 17.9 Å². The summed E-state index contributed by atoms with van der Waals surface area (Å²) in [7, 11) is 0. The molecular formula is C13H18N2O4. The van der Waals surface area contributed by atoms with Gasteiger partial charge >= 0.3 is 5.97 Å². The van der Waals surface area contributed by atoms with Crippen LogP contribution in [0, 0.1) is 25.7 Å². The third-order valence-electron chi connectivity index (χ3n) is 3.66. The van der Waals surface area contributed by atoms with Crippen LogP contribution >= 0.6 is 0 Å². The summed E-state index contributed by atoms with van der Waals surface area (Å²) in [5.74, 6) is -0.927. The van der Waals surface area contributed by atoms with E-state index < -0.39 is 17.8 Å². The Labute approximate surface area is 111 Å². The van der Waals surface area contributed by atoms with Gasteiger partial charge in [0.15, 0.2) is 0 Å². The van der Waals surface area contributed by atoms with E-state index in [-0.39, 0.29) is 12.5 Å². The van der Waals surface area contributed by atoms with Crippen LogP contribution in [-0.4, -0.2) is 22.0 Å². The molecule has 0 bridgehead atoms. The molecule has 0 spiro atoms. The Morgan fingerprint density at radius 3 is 2.63 bits per heavy atom. The molecule has 2 N–H and O–H groups in total. The zero-order valence-electron chi connectivity index (χ0n) is 11.1. The molecule has 2 rings (SSSR count). The van der Waals surface area contributed by atoms with Gasteiger partial charge in [0, 0.05) is 0 Å². The number of aliphatic carboxylic acids is 1. The van der Waals surface area contributed by atoms with Crippen molar-refractivity contribution in [3.8, 4) is 0 Å². The number of carboxylic acids is 1. The van der Waals surface area contributed by atoms with E-state index in [1.165, 1.54) is 0 Å². The van der Waals surface area contributed by atoms with E-state index in [9.17, 15) is 9.59 Å². The van der Waals surface area contributed by atoms with E-state index in [1.807, 2.05) is 13.8 Å². The molecule has 1 saturated carbocycles. The lowest BCUT2D eigenvalue weighted by Gasteiger charge is -2.14. The first kappa shape index (κ1) is 13.6. The molecule has 2 atom stereocenters. The third kappa shape index (κ3) is 2.94. The summed E-state index contributed by atoms with van der Waals surface area (Å²) in [6, 6.07) is 0. The number of oxazole rings is 1. The zero-order valence-corrected chi connectivity index (χ0v) is 11.1. The average molecular weight is 266 g/mol. The second-order valence-electron chi connectivity index (χ2n) is 4.95. The van der Waals surface area contributed by atoms with Crippen molar-refractivity contribution in [2.24, 2.45) is 11.8 Å². The van der Waals surface area contributed by atoms with E-state index in [0.29, 0.717) is 18.7 Å². The predicted octanol–water partition coefficient (Wildman–Crippen LogP) is 1.41. The molecule has 6 nitrogen and oxygen atoms in total. The van der Waals surface area contributed by atoms with Crippen LogP contribution in [-0.2, 0) is 16.1 Å². The van der Waals surface area contributed by atoms with Gasteiger partial charge in [-0.05, 0) is 26.7 Å². The normalized spacial score (nSPS) is 22.4. The Hall–Kier alpha value is -1.85. The first-order chi connectivity index (χ1) is 8.99. The Morgan fingerprint density at radius 2 is 2.05 bits per heavy atom. The molecule has 6 heteroatoms. The molecule has 0 radical (unpaired) electrons. The van der Waals surface area contributed by atoms with Crippen molar-refractivity contribution < 1.29 is 19.1 Å². The summed E-state index contributed by atoms with van der Waals surface area (Å²) >= 11 is 0. The van der Waals surface area contributed by atoms with E-state index in [2.05, 4.69) is 10.3 Å². The maximum Gasteiger partial charge on any atom is 0.307 e. The molecule has 1 aromatic rings. The highest BCUT2D eigenvalue weighted by Crippen LogP contribution is 2.32. The molecule has 0 aromatic carbocycles. The van der Waals surface area contributed by atoms with Crippen molar-refractivity contribution in [2.45, 2.75) is 39.7 Å². The van der Waals surface area contributed by atoms with E-state index in [1.54, 1.807) is 0 Å². The number of aryl methyl sites for hydroxylation is 2. The topological polar surface area (TPSA) is 92.4 Å². The fourth-order valence-corrected chi connectivity index (χ4v) is 2.48. The van der Waals surface area contributed by atoms with Crippen LogP contribution in [0.3, 0.4) is 0 Å². The second kappa shape index (κ2) is 5.42. The van der Waals surface area contributed by atoms with Crippen molar-refractivity contribution in [3.63, 3.8) is 0 Å². The summed E-state index contributed by atoms with van der Waals surface area (Å²) in [5, 5.41) is 11.8. The Morgan fingerprint density at radius 1 is 1.37 bits per heavy atom. The van der Waals surface area contributed by atoms with Gasteiger partial charge in [-0.25, -0.2) is 4.98 Å². The van der Waals surface area contributed by atoms with Crippen molar-refractivity contribution >= 4 is 11.9 Å². The lowest BCUT2D eigenvalue weighted by Crippen LogP contribution is -2.34. The van der Waals surface area contributed by atoms with Crippen LogP contribution in [0.25, 0.3) is 0 Å². The Balaban J connectivity index is 1.92.